The molecule has 0 N–H and O–H groups in total. The van der Waals surface area contributed by atoms with Crippen molar-refractivity contribution in [3.05, 3.63) is 35.9 Å². The molecule has 0 bridgehead atoms. The Morgan fingerprint density at radius 2 is 1.87 bits per heavy atom. The van der Waals surface area contributed by atoms with E-state index >= 15 is 0 Å². The van der Waals surface area contributed by atoms with Crippen LogP contribution in [0, 0.1) is 11.3 Å². The Balaban J connectivity index is 2.20. The maximum atomic E-state index is 12.8. The molecule has 2 amide bonds. The topological polar surface area (TPSA) is 46.6 Å². The lowest BCUT2D eigenvalue weighted by molar-refractivity contribution is -0.131. The highest BCUT2D eigenvalue weighted by Gasteiger charge is 2.44. The van der Waals surface area contributed by atoms with Gasteiger partial charge in [0.15, 0.2) is 0 Å². The van der Waals surface area contributed by atoms with Gasteiger partial charge in [-0.05, 0) is 22.8 Å². The van der Waals surface area contributed by atoms with E-state index in [0.29, 0.717) is 12.3 Å². The van der Waals surface area contributed by atoms with Gasteiger partial charge in [0.2, 0.25) is 5.91 Å². The van der Waals surface area contributed by atoms with Crippen molar-refractivity contribution in [3.8, 4) is 0 Å². The molecule has 1 aliphatic rings. The van der Waals surface area contributed by atoms with Crippen LogP contribution in [-0.4, -0.2) is 29.5 Å². The van der Waals surface area contributed by atoms with Gasteiger partial charge in [0.1, 0.15) is 6.61 Å². The third kappa shape index (κ3) is 3.92. The molecule has 4 heteroatoms. The molecule has 0 aromatic heterocycles. The van der Waals surface area contributed by atoms with Crippen LogP contribution < -0.4 is 0 Å². The van der Waals surface area contributed by atoms with E-state index in [1.165, 1.54) is 4.90 Å². The number of hydrogen-bond donors (Lipinski definition) is 0. The highest BCUT2D eigenvalue weighted by atomic mass is 16.6. The van der Waals surface area contributed by atoms with Gasteiger partial charge in [0, 0.05) is 6.42 Å². The second-order valence-electron chi connectivity index (χ2n) is 7.69. The summed E-state index contributed by atoms with van der Waals surface area (Å²) < 4.78 is 5.14. The second-order valence-corrected chi connectivity index (χ2v) is 7.69. The van der Waals surface area contributed by atoms with Crippen molar-refractivity contribution in [1.29, 1.82) is 0 Å². The first-order valence-corrected chi connectivity index (χ1v) is 8.25. The van der Waals surface area contributed by atoms with Crippen molar-refractivity contribution in [2.24, 2.45) is 11.3 Å². The number of rotatable bonds is 4. The van der Waals surface area contributed by atoms with Gasteiger partial charge in [-0.25, -0.2) is 9.69 Å². The van der Waals surface area contributed by atoms with E-state index in [0.717, 1.165) is 5.56 Å². The van der Waals surface area contributed by atoms with Crippen LogP contribution in [0.2, 0.25) is 0 Å². The minimum absolute atomic E-state index is 0.0951. The summed E-state index contributed by atoms with van der Waals surface area (Å²) in [5, 5.41) is 0. The highest BCUT2D eigenvalue weighted by Crippen LogP contribution is 2.33. The molecule has 1 aromatic rings. The maximum absolute atomic E-state index is 12.8. The smallest absolute Gasteiger partial charge is 0.416 e. The van der Waals surface area contributed by atoms with E-state index in [2.05, 4.69) is 13.8 Å². The predicted octanol–water partition coefficient (Wildman–Crippen LogP) is 4.21. The normalized spacial score (nSPS) is 19.8. The molecule has 126 valence electrons. The molecule has 2 atom stereocenters. The van der Waals surface area contributed by atoms with Crippen LogP contribution in [0.3, 0.4) is 0 Å². The molecular formula is C19H27NO3. The summed E-state index contributed by atoms with van der Waals surface area (Å²) in [4.78, 5) is 26.2. The Morgan fingerprint density at radius 1 is 1.26 bits per heavy atom. The molecule has 2 rings (SSSR count). The number of cyclic esters (lactones) is 1. The summed E-state index contributed by atoms with van der Waals surface area (Å²) >= 11 is 0. The number of carbonyl (C=O) groups is 2. The fourth-order valence-electron chi connectivity index (χ4n) is 3.06. The Kier molecular flexibility index (Phi) is 5.12. The summed E-state index contributed by atoms with van der Waals surface area (Å²) in [6, 6.07) is 9.82. The minimum atomic E-state index is -0.509. The van der Waals surface area contributed by atoms with E-state index in [1.807, 2.05) is 51.1 Å². The number of ether oxygens (including phenoxy) is 1. The molecule has 0 radical (unpaired) electrons. The molecule has 1 unspecified atom stereocenters. The number of benzene rings is 1. The fraction of sp³-hybridized carbons (Fsp3) is 0.579. The summed E-state index contributed by atoms with van der Waals surface area (Å²) in [6.07, 6.45) is -0.186. The standard InChI is InChI=1S/C19H27NO3/c1-13(2)15(14-9-7-6-8-10-14)11-17(21)20-16(19(3,4)5)12-23-18(20)22/h6-10,13,15-16H,11-12H2,1-5H3/t15-,16?/m0/s1. The first-order valence-electron chi connectivity index (χ1n) is 8.25. The van der Waals surface area contributed by atoms with Crippen LogP contribution >= 0.6 is 0 Å². The Bertz CT molecular complexity index is 560. The van der Waals surface area contributed by atoms with Gasteiger partial charge >= 0.3 is 6.09 Å². The lowest BCUT2D eigenvalue weighted by Gasteiger charge is -2.32. The van der Waals surface area contributed by atoms with Crippen LogP contribution in [0.4, 0.5) is 4.79 Å². The van der Waals surface area contributed by atoms with Crippen molar-refractivity contribution in [2.75, 3.05) is 6.61 Å². The van der Waals surface area contributed by atoms with Crippen molar-refractivity contribution in [3.63, 3.8) is 0 Å². The van der Waals surface area contributed by atoms with Gasteiger partial charge < -0.3 is 4.74 Å². The quantitative estimate of drug-likeness (QED) is 0.835. The number of nitrogens with zero attached hydrogens (tertiary/aromatic N) is 1. The predicted molar refractivity (Wildman–Crippen MR) is 90.1 cm³/mol. The van der Waals surface area contributed by atoms with Gasteiger partial charge in [0.25, 0.3) is 0 Å². The van der Waals surface area contributed by atoms with Gasteiger partial charge in [-0.3, -0.25) is 4.79 Å². The molecule has 0 spiro atoms. The Morgan fingerprint density at radius 3 is 2.39 bits per heavy atom. The third-order valence-corrected chi connectivity index (χ3v) is 4.57. The van der Waals surface area contributed by atoms with Crippen molar-refractivity contribution < 1.29 is 14.3 Å². The van der Waals surface area contributed by atoms with Crippen molar-refractivity contribution in [2.45, 2.75) is 53.0 Å². The number of amides is 2. The largest absolute Gasteiger partial charge is 0.447 e. The van der Waals surface area contributed by atoms with E-state index < -0.39 is 6.09 Å². The fourth-order valence-corrected chi connectivity index (χ4v) is 3.06. The molecule has 1 saturated heterocycles. The van der Waals surface area contributed by atoms with Crippen LogP contribution in [0.5, 0.6) is 0 Å². The van der Waals surface area contributed by atoms with Gasteiger partial charge in [-0.2, -0.15) is 0 Å². The van der Waals surface area contributed by atoms with Crippen LogP contribution in [0.25, 0.3) is 0 Å². The average molecular weight is 317 g/mol. The zero-order chi connectivity index (χ0) is 17.2. The van der Waals surface area contributed by atoms with Crippen LogP contribution in [-0.2, 0) is 9.53 Å². The lowest BCUT2D eigenvalue weighted by Crippen LogP contribution is -2.46. The maximum Gasteiger partial charge on any atom is 0.416 e. The first kappa shape index (κ1) is 17.5. The Labute approximate surface area is 138 Å². The number of hydrogen-bond acceptors (Lipinski definition) is 3. The van der Waals surface area contributed by atoms with E-state index in [1.54, 1.807) is 0 Å². The molecular weight excluding hydrogens is 290 g/mol. The second kappa shape index (κ2) is 6.73. The van der Waals surface area contributed by atoms with Gasteiger partial charge in [-0.1, -0.05) is 65.0 Å². The first-order chi connectivity index (χ1) is 10.7. The molecule has 0 aliphatic carbocycles. The molecule has 1 fully saturated rings. The summed E-state index contributed by atoms with van der Waals surface area (Å²) in [5.74, 6) is 0.265. The zero-order valence-electron chi connectivity index (χ0n) is 14.7. The lowest BCUT2D eigenvalue weighted by atomic mass is 9.84. The third-order valence-electron chi connectivity index (χ3n) is 4.57. The van der Waals surface area contributed by atoms with Gasteiger partial charge in [0.05, 0.1) is 6.04 Å². The molecule has 1 aromatic carbocycles. The molecule has 4 nitrogen and oxygen atoms in total. The summed E-state index contributed by atoms with van der Waals surface area (Å²) in [5.41, 5.74) is 0.942. The van der Waals surface area contributed by atoms with E-state index in [4.69, 9.17) is 4.74 Å². The highest BCUT2D eigenvalue weighted by molar-refractivity contribution is 5.94. The number of carbonyl (C=O) groups excluding carboxylic acids is 2. The summed E-state index contributed by atoms with van der Waals surface area (Å²) in [7, 11) is 0. The summed E-state index contributed by atoms with van der Waals surface area (Å²) in [6.45, 7) is 10.6. The molecule has 1 aliphatic heterocycles. The van der Waals surface area contributed by atoms with Crippen molar-refractivity contribution in [1.82, 2.24) is 4.90 Å². The number of imide groups is 1. The van der Waals surface area contributed by atoms with E-state index in [-0.39, 0.29) is 29.9 Å². The van der Waals surface area contributed by atoms with Crippen molar-refractivity contribution >= 4 is 12.0 Å². The SMILES string of the molecule is CC(C)[C@H](CC(=O)N1C(=O)OCC1C(C)(C)C)c1ccccc1. The molecule has 0 saturated carbocycles. The van der Waals surface area contributed by atoms with E-state index in [9.17, 15) is 9.59 Å². The minimum Gasteiger partial charge on any atom is -0.447 e. The van der Waals surface area contributed by atoms with Crippen LogP contribution in [0.1, 0.15) is 52.5 Å². The molecule has 23 heavy (non-hydrogen) atoms. The average Bonchev–Trinajstić information content (AvgIpc) is 2.87. The van der Waals surface area contributed by atoms with Gasteiger partial charge in [-0.15, -0.1) is 0 Å². The monoisotopic (exact) mass is 317 g/mol. The Hall–Kier alpha value is -1.84. The molecule has 1 heterocycles. The zero-order valence-corrected chi connectivity index (χ0v) is 14.7. The van der Waals surface area contributed by atoms with Crippen LogP contribution in [0.15, 0.2) is 30.3 Å².